The van der Waals surface area contributed by atoms with E-state index in [1.807, 2.05) is 27.0 Å². The van der Waals surface area contributed by atoms with Crippen molar-refractivity contribution in [1.82, 2.24) is 15.0 Å². The van der Waals surface area contributed by atoms with Crippen LogP contribution in [0.5, 0.6) is 5.88 Å². The third kappa shape index (κ3) is 2.95. The summed E-state index contributed by atoms with van der Waals surface area (Å²) in [5.74, 6) is 1.44. The Morgan fingerprint density at radius 2 is 2.11 bits per heavy atom. The molecule has 0 aliphatic heterocycles. The fourth-order valence-electron chi connectivity index (χ4n) is 1.55. The summed E-state index contributed by atoms with van der Waals surface area (Å²) in [6, 6.07) is 0. The number of aryl methyl sites for hydroxylation is 1. The van der Waals surface area contributed by atoms with Crippen molar-refractivity contribution in [2.45, 2.75) is 27.3 Å². The maximum absolute atomic E-state index is 5.43. The van der Waals surface area contributed by atoms with Crippen LogP contribution in [0, 0.1) is 13.8 Å². The zero-order valence-electron chi connectivity index (χ0n) is 10.7. The summed E-state index contributed by atoms with van der Waals surface area (Å²) in [5.41, 5.74) is 0.931. The van der Waals surface area contributed by atoms with Crippen molar-refractivity contribution in [3.05, 3.63) is 28.0 Å². The smallest absolute Gasteiger partial charge is 0.221 e. The van der Waals surface area contributed by atoms with Crippen LogP contribution in [-0.2, 0) is 6.54 Å². The SMILES string of the molecule is CCOc1ncnc(NCc2cnc(C)s2)c1C. The van der Waals surface area contributed by atoms with E-state index in [1.54, 1.807) is 11.3 Å². The Labute approximate surface area is 110 Å². The molecule has 0 spiro atoms. The molecule has 6 heteroatoms. The molecule has 2 heterocycles. The van der Waals surface area contributed by atoms with Crippen LogP contribution < -0.4 is 10.1 Å². The Balaban J connectivity index is 2.07. The predicted octanol–water partition coefficient (Wildman–Crippen LogP) is 2.56. The van der Waals surface area contributed by atoms with Crippen molar-refractivity contribution in [3.63, 3.8) is 0 Å². The largest absolute Gasteiger partial charge is 0.478 e. The maximum atomic E-state index is 5.43. The predicted molar refractivity (Wildman–Crippen MR) is 72.1 cm³/mol. The van der Waals surface area contributed by atoms with Gasteiger partial charge in [0.2, 0.25) is 5.88 Å². The summed E-state index contributed by atoms with van der Waals surface area (Å²) in [4.78, 5) is 13.7. The van der Waals surface area contributed by atoms with Gasteiger partial charge in [0, 0.05) is 11.1 Å². The van der Waals surface area contributed by atoms with Crippen molar-refractivity contribution in [2.75, 3.05) is 11.9 Å². The van der Waals surface area contributed by atoms with E-state index in [2.05, 4.69) is 20.3 Å². The Kier molecular flexibility index (Phi) is 4.09. The van der Waals surface area contributed by atoms with E-state index in [-0.39, 0.29) is 0 Å². The number of hydrogen-bond donors (Lipinski definition) is 1. The van der Waals surface area contributed by atoms with Crippen LogP contribution >= 0.6 is 11.3 Å². The third-order valence-corrected chi connectivity index (χ3v) is 3.33. The van der Waals surface area contributed by atoms with Crippen LogP contribution in [-0.4, -0.2) is 21.6 Å². The van der Waals surface area contributed by atoms with Gasteiger partial charge in [0.25, 0.3) is 0 Å². The summed E-state index contributed by atoms with van der Waals surface area (Å²) in [5, 5.41) is 4.35. The highest BCUT2D eigenvalue weighted by Crippen LogP contribution is 2.21. The second-order valence-electron chi connectivity index (χ2n) is 3.78. The average Bonchev–Trinajstić information content (AvgIpc) is 2.77. The number of anilines is 1. The molecular weight excluding hydrogens is 248 g/mol. The number of thiazole rings is 1. The number of rotatable bonds is 5. The Bertz CT molecular complexity index is 527. The van der Waals surface area contributed by atoms with Gasteiger partial charge in [-0.05, 0) is 20.8 Å². The monoisotopic (exact) mass is 264 g/mol. The van der Waals surface area contributed by atoms with Gasteiger partial charge in [-0.3, -0.25) is 0 Å². The molecule has 5 nitrogen and oxygen atoms in total. The van der Waals surface area contributed by atoms with E-state index in [0.717, 1.165) is 22.9 Å². The topological polar surface area (TPSA) is 59.9 Å². The summed E-state index contributed by atoms with van der Waals surface area (Å²) >= 11 is 1.68. The van der Waals surface area contributed by atoms with E-state index in [4.69, 9.17) is 4.74 Å². The van der Waals surface area contributed by atoms with E-state index in [9.17, 15) is 0 Å². The highest BCUT2D eigenvalue weighted by atomic mass is 32.1. The second-order valence-corrected chi connectivity index (χ2v) is 5.10. The standard InChI is InChI=1S/C12H16N4OS/c1-4-17-12-8(2)11(15-7-16-12)14-6-10-5-13-9(3)18-10/h5,7H,4,6H2,1-3H3,(H,14,15,16). The highest BCUT2D eigenvalue weighted by molar-refractivity contribution is 7.11. The summed E-state index contributed by atoms with van der Waals surface area (Å²) in [6.45, 7) is 7.21. The van der Waals surface area contributed by atoms with E-state index in [0.29, 0.717) is 12.5 Å². The van der Waals surface area contributed by atoms with Crippen molar-refractivity contribution in [3.8, 4) is 5.88 Å². The zero-order chi connectivity index (χ0) is 13.0. The third-order valence-electron chi connectivity index (χ3n) is 2.42. The fourth-order valence-corrected chi connectivity index (χ4v) is 2.29. The normalized spacial score (nSPS) is 10.4. The van der Waals surface area contributed by atoms with Crippen LogP contribution in [0.4, 0.5) is 5.82 Å². The lowest BCUT2D eigenvalue weighted by atomic mass is 10.3. The molecule has 0 radical (unpaired) electrons. The summed E-state index contributed by atoms with van der Waals surface area (Å²) in [7, 11) is 0. The maximum Gasteiger partial charge on any atom is 0.221 e. The molecule has 0 aliphatic carbocycles. The van der Waals surface area contributed by atoms with Gasteiger partial charge in [-0.1, -0.05) is 0 Å². The van der Waals surface area contributed by atoms with Gasteiger partial charge < -0.3 is 10.1 Å². The summed E-state index contributed by atoms with van der Waals surface area (Å²) < 4.78 is 5.43. The van der Waals surface area contributed by atoms with Gasteiger partial charge in [-0.2, -0.15) is 0 Å². The first-order chi connectivity index (χ1) is 8.70. The number of nitrogens with zero attached hydrogens (tertiary/aromatic N) is 3. The Hall–Kier alpha value is -1.69. The minimum Gasteiger partial charge on any atom is -0.478 e. The van der Waals surface area contributed by atoms with Gasteiger partial charge in [-0.25, -0.2) is 15.0 Å². The molecular formula is C12H16N4OS. The van der Waals surface area contributed by atoms with Gasteiger partial charge >= 0.3 is 0 Å². The molecule has 2 aromatic heterocycles. The van der Waals surface area contributed by atoms with Crippen molar-refractivity contribution < 1.29 is 4.74 Å². The Morgan fingerprint density at radius 1 is 1.28 bits per heavy atom. The van der Waals surface area contributed by atoms with Crippen LogP contribution in [0.1, 0.15) is 22.4 Å². The van der Waals surface area contributed by atoms with Crippen LogP contribution in [0.3, 0.4) is 0 Å². The first-order valence-corrected chi connectivity index (χ1v) is 6.62. The van der Waals surface area contributed by atoms with Crippen molar-refractivity contribution in [2.24, 2.45) is 0 Å². The summed E-state index contributed by atoms with van der Waals surface area (Å²) in [6.07, 6.45) is 3.39. The lowest BCUT2D eigenvalue weighted by Crippen LogP contribution is -2.05. The Morgan fingerprint density at radius 3 is 2.78 bits per heavy atom. The molecule has 0 unspecified atom stereocenters. The van der Waals surface area contributed by atoms with Gasteiger partial charge in [0.15, 0.2) is 0 Å². The second kappa shape index (κ2) is 5.77. The lowest BCUT2D eigenvalue weighted by Gasteiger charge is -2.10. The molecule has 0 saturated heterocycles. The fraction of sp³-hybridized carbons (Fsp3) is 0.417. The lowest BCUT2D eigenvalue weighted by molar-refractivity contribution is 0.324. The molecule has 0 aliphatic rings. The minimum absolute atomic E-state index is 0.603. The molecule has 96 valence electrons. The zero-order valence-corrected chi connectivity index (χ0v) is 11.5. The van der Waals surface area contributed by atoms with E-state index >= 15 is 0 Å². The molecule has 0 aromatic carbocycles. The molecule has 0 fully saturated rings. The number of nitrogens with one attached hydrogen (secondary N) is 1. The highest BCUT2D eigenvalue weighted by Gasteiger charge is 2.07. The van der Waals surface area contributed by atoms with Gasteiger partial charge in [0.1, 0.15) is 12.1 Å². The number of ether oxygens (including phenoxy) is 1. The molecule has 0 saturated carbocycles. The molecule has 0 bridgehead atoms. The molecule has 0 amide bonds. The van der Waals surface area contributed by atoms with Crippen molar-refractivity contribution >= 4 is 17.2 Å². The van der Waals surface area contributed by atoms with E-state index in [1.165, 1.54) is 11.2 Å². The van der Waals surface area contributed by atoms with Crippen LogP contribution in [0.25, 0.3) is 0 Å². The van der Waals surface area contributed by atoms with Crippen molar-refractivity contribution in [1.29, 1.82) is 0 Å². The number of hydrogen-bond acceptors (Lipinski definition) is 6. The molecule has 1 N–H and O–H groups in total. The first kappa shape index (κ1) is 12.8. The van der Waals surface area contributed by atoms with Crippen LogP contribution in [0.2, 0.25) is 0 Å². The molecule has 18 heavy (non-hydrogen) atoms. The molecule has 2 rings (SSSR count). The molecule has 2 aromatic rings. The van der Waals surface area contributed by atoms with Crippen LogP contribution in [0.15, 0.2) is 12.5 Å². The average molecular weight is 264 g/mol. The van der Waals surface area contributed by atoms with Gasteiger partial charge in [-0.15, -0.1) is 11.3 Å². The van der Waals surface area contributed by atoms with E-state index < -0.39 is 0 Å². The minimum atomic E-state index is 0.603. The van der Waals surface area contributed by atoms with Gasteiger partial charge in [0.05, 0.1) is 23.7 Å². The number of aromatic nitrogens is 3. The molecule has 0 atom stereocenters. The quantitative estimate of drug-likeness (QED) is 0.899. The first-order valence-electron chi connectivity index (χ1n) is 5.80.